The van der Waals surface area contributed by atoms with Crippen LogP contribution < -0.4 is 36.9 Å². The van der Waals surface area contributed by atoms with Gasteiger partial charge in [0, 0.05) is 37.6 Å². The molecule has 14 heteroatoms. The molecule has 260 valence electrons. The van der Waals surface area contributed by atoms with Crippen LogP contribution in [0.3, 0.4) is 0 Å². The van der Waals surface area contributed by atoms with Crippen molar-refractivity contribution in [2.45, 2.75) is 52.6 Å². The van der Waals surface area contributed by atoms with Crippen LogP contribution in [0.4, 0.5) is 8.78 Å². The summed E-state index contributed by atoms with van der Waals surface area (Å²) in [6.07, 6.45) is 6.22. The number of nitrogens with zero attached hydrogens (tertiary/aromatic N) is 3. The molecule has 49 heavy (non-hydrogen) atoms. The minimum Gasteiger partial charge on any atom is -0.487 e. The predicted octanol–water partition coefficient (Wildman–Crippen LogP) is 4.13. The van der Waals surface area contributed by atoms with Crippen LogP contribution in [0, 0.1) is 11.6 Å². The molecule has 0 radical (unpaired) electrons. The molecule has 2 amide bonds. The number of hydrogen-bond donors (Lipinski definition) is 3. The van der Waals surface area contributed by atoms with E-state index in [9.17, 15) is 28.0 Å². The van der Waals surface area contributed by atoms with Crippen molar-refractivity contribution in [2.24, 2.45) is 0 Å². The molecule has 12 nitrogen and oxygen atoms in total. The number of fused-ring (bicyclic) bond motifs is 1. The van der Waals surface area contributed by atoms with Gasteiger partial charge in [0.15, 0.2) is 22.9 Å². The van der Waals surface area contributed by atoms with E-state index in [1.807, 2.05) is 13.8 Å². The Bertz CT molecular complexity index is 1840. The number of ether oxygens (including phenoxy) is 2. The zero-order chi connectivity index (χ0) is 35.3. The Kier molecular flexibility index (Phi) is 12.9. The molecular formula is C35H40F2N6O6. The zero-order valence-corrected chi connectivity index (χ0v) is 27.4. The van der Waals surface area contributed by atoms with Gasteiger partial charge < -0.3 is 31.0 Å². The van der Waals surface area contributed by atoms with Crippen LogP contribution in [0.15, 0.2) is 82.6 Å². The maximum Gasteiger partial charge on any atom is 0.278 e. The van der Waals surface area contributed by atoms with Gasteiger partial charge in [-0.1, -0.05) is 51.0 Å². The minimum atomic E-state index is -0.536. The first kappa shape index (κ1) is 36.2. The second kappa shape index (κ2) is 17.5. The highest BCUT2D eigenvalue weighted by molar-refractivity contribution is 5.96. The van der Waals surface area contributed by atoms with Crippen molar-refractivity contribution in [1.29, 1.82) is 0 Å². The Morgan fingerprint density at radius 2 is 1.37 bits per heavy atom. The maximum absolute atomic E-state index is 13.0. The average Bonchev–Trinajstić information content (AvgIpc) is 3.09. The molecule has 0 bridgehead atoms. The van der Waals surface area contributed by atoms with E-state index in [-0.39, 0.29) is 59.1 Å². The number of amides is 2. The van der Waals surface area contributed by atoms with Gasteiger partial charge in [-0.3, -0.25) is 28.5 Å². The number of nitrogen functional groups attached to an aromatic ring is 1. The minimum absolute atomic E-state index is 0.0410. The first-order chi connectivity index (χ1) is 23.6. The first-order valence-electron chi connectivity index (χ1n) is 15.9. The van der Waals surface area contributed by atoms with Crippen LogP contribution in [0.1, 0.15) is 71.6 Å². The van der Waals surface area contributed by atoms with Gasteiger partial charge in [0.25, 0.3) is 11.8 Å². The number of unbranched alkanes of at least 4 members (excludes halogenated alkanes) is 2. The summed E-state index contributed by atoms with van der Waals surface area (Å²) in [6.45, 7) is 5.49. The van der Waals surface area contributed by atoms with Crippen LogP contribution in [-0.4, -0.2) is 45.9 Å². The van der Waals surface area contributed by atoms with Crippen LogP contribution >= 0.6 is 0 Å². The van der Waals surface area contributed by atoms with Gasteiger partial charge in [-0.2, -0.15) is 0 Å². The highest BCUT2D eigenvalue weighted by Gasteiger charge is 2.29. The number of aromatic nitrogens is 2. The topological polar surface area (TPSA) is 150 Å². The Balaban J connectivity index is 0.000000221. The third kappa shape index (κ3) is 9.69. The summed E-state index contributed by atoms with van der Waals surface area (Å²) in [5.41, 5.74) is 4.02. The Morgan fingerprint density at radius 3 is 1.98 bits per heavy atom. The van der Waals surface area contributed by atoms with E-state index in [4.69, 9.17) is 15.3 Å². The number of nitrogens with two attached hydrogens (primary N) is 1. The number of hydrogen-bond acceptors (Lipinski definition) is 8. The second-order valence-corrected chi connectivity index (χ2v) is 11.2. The van der Waals surface area contributed by atoms with Gasteiger partial charge in [-0.05, 0) is 48.2 Å². The van der Waals surface area contributed by atoms with Crippen LogP contribution in [0.2, 0.25) is 0 Å². The lowest BCUT2D eigenvalue weighted by Crippen LogP contribution is -2.46. The predicted molar refractivity (Wildman–Crippen MR) is 180 cm³/mol. The standard InChI is InChI=1S/C18H20FN3O3.C17H20FN3O3/c1-2-3-10-25-17-15(23)8-9-22-16(17)18(24)21(12-20-22)11-13-4-6-14(19)7-5-13;1-2-3-10-24-16-14(22)8-9-21(19)15(16)17(23)20-11-12-4-6-13(18)7-5-12/h4-9,20H,2-3,10-12H2,1H3;4-9H,2-3,10-11,19H2,1H3,(H,20,23). The summed E-state index contributed by atoms with van der Waals surface area (Å²) < 4.78 is 39.5. The van der Waals surface area contributed by atoms with Crippen molar-refractivity contribution < 1.29 is 27.8 Å². The van der Waals surface area contributed by atoms with Crippen molar-refractivity contribution in [2.75, 3.05) is 31.2 Å². The fourth-order valence-electron chi connectivity index (χ4n) is 4.71. The molecule has 4 aromatic rings. The van der Waals surface area contributed by atoms with E-state index < -0.39 is 11.3 Å². The van der Waals surface area contributed by atoms with Crippen molar-refractivity contribution in [3.8, 4) is 11.5 Å². The quantitative estimate of drug-likeness (QED) is 0.141. The van der Waals surface area contributed by atoms with Crippen molar-refractivity contribution in [1.82, 2.24) is 19.6 Å². The van der Waals surface area contributed by atoms with E-state index in [0.29, 0.717) is 19.8 Å². The summed E-state index contributed by atoms with van der Waals surface area (Å²) in [7, 11) is 0. The molecule has 0 fully saturated rings. The molecule has 2 aromatic heterocycles. The highest BCUT2D eigenvalue weighted by atomic mass is 19.1. The van der Waals surface area contributed by atoms with Gasteiger partial charge in [-0.25, -0.2) is 8.78 Å². The van der Waals surface area contributed by atoms with Gasteiger partial charge in [0.05, 0.1) is 13.2 Å². The molecule has 0 saturated heterocycles. The molecule has 0 unspecified atom stereocenters. The summed E-state index contributed by atoms with van der Waals surface area (Å²) in [5, 5.41) is 2.65. The molecular weight excluding hydrogens is 638 g/mol. The van der Waals surface area contributed by atoms with E-state index in [0.717, 1.165) is 41.5 Å². The molecule has 1 aliphatic heterocycles. The number of rotatable bonds is 13. The molecule has 0 saturated carbocycles. The first-order valence-corrected chi connectivity index (χ1v) is 15.9. The molecule has 3 heterocycles. The SMILES string of the molecule is CCCCOc1c(C(=O)NCc2ccc(F)cc2)n(N)ccc1=O.CCCCOc1c2n(ccc1=O)NCN(Cc1ccc(F)cc1)C2=O. The number of pyridine rings is 2. The van der Waals surface area contributed by atoms with Gasteiger partial charge >= 0.3 is 0 Å². The summed E-state index contributed by atoms with van der Waals surface area (Å²) in [6, 6.07) is 14.3. The fraction of sp³-hybridized carbons (Fsp3) is 0.314. The van der Waals surface area contributed by atoms with Crippen LogP contribution in [0.25, 0.3) is 0 Å². The normalized spacial score (nSPS) is 11.9. The van der Waals surface area contributed by atoms with E-state index in [1.54, 1.807) is 29.2 Å². The lowest BCUT2D eigenvalue weighted by Gasteiger charge is -2.31. The molecule has 1 aliphatic rings. The van der Waals surface area contributed by atoms with E-state index >= 15 is 0 Å². The molecule has 0 spiro atoms. The zero-order valence-electron chi connectivity index (χ0n) is 27.4. The highest BCUT2D eigenvalue weighted by Crippen LogP contribution is 2.20. The van der Waals surface area contributed by atoms with E-state index in [2.05, 4.69) is 10.7 Å². The Hall–Kier alpha value is -5.66. The van der Waals surface area contributed by atoms with Gasteiger partial charge in [0.1, 0.15) is 18.3 Å². The largest absolute Gasteiger partial charge is 0.487 e. The molecule has 4 N–H and O–H groups in total. The average molecular weight is 679 g/mol. The molecule has 5 rings (SSSR count). The van der Waals surface area contributed by atoms with Crippen molar-refractivity contribution in [3.05, 3.63) is 128 Å². The molecule has 0 atom stereocenters. The van der Waals surface area contributed by atoms with Gasteiger partial charge in [0.2, 0.25) is 10.9 Å². The fourth-order valence-corrected chi connectivity index (χ4v) is 4.71. The monoisotopic (exact) mass is 678 g/mol. The second-order valence-electron chi connectivity index (χ2n) is 11.2. The lowest BCUT2D eigenvalue weighted by atomic mass is 10.2. The summed E-state index contributed by atoms with van der Waals surface area (Å²) >= 11 is 0. The van der Waals surface area contributed by atoms with Crippen molar-refractivity contribution in [3.63, 3.8) is 0 Å². The number of benzene rings is 2. The van der Waals surface area contributed by atoms with Gasteiger partial charge in [-0.15, -0.1) is 0 Å². The van der Waals surface area contributed by atoms with Crippen molar-refractivity contribution >= 4 is 11.8 Å². The molecule has 2 aromatic carbocycles. The lowest BCUT2D eigenvalue weighted by molar-refractivity contribution is 0.0707. The smallest absolute Gasteiger partial charge is 0.278 e. The number of nitrogens with one attached hydrogen (secondary N) is 2. The van der Waals surface area contributed by atoms with E-state index in [1.165, 1.54) is 53.5 Å². The Morgan fingerprint density at radius 1 is 0.816 bits per heavy atom. The number of carbonyl (C=O) groups excluding carboxylic acids is 2. The third-order valence-corrected chi connectivity index (χ3v) is 7.42. The Labute approximate surface area is 282 Å². The summed E-state index contributed by atoms with van der Waals surface area (Å²) in [4.78, 5) is 51.0. The van der Waals surface area contributed by atoms with Crippen LogP contribution in [0.5, 0.6) is 11.5 Å². The third-order valence-electron chi connectivity index (χ3n) is 7.42. The maximum atomic E-state index is 13.0. The molecule has 0 aliphatic carbocycles. The summed E-state index contributed by atoms with van der Waals surface area (Å²) in [5.74, 6) is 4.26. The van der Waals surface area contributed by atoms with Crippen LogP contribution in [-0.2, 0) is 13.1 Å². The number of halogens is 2. The number of carbonyl (C=O) groups is 2.